The molecular formula is C17H18BrN3O. The predicted molar refractivity (Wildman–Crippen MR) is 89.5 cm³/mol. The molecule has 3 rings (SSSR count). The van der Waals surface area contributed by atoms with E-state index in [1.54, 1.807) is 12.5 Å². The van der Waals surface area contributed by atoms with Crippen LogP contribution in [0.5, 0.6) is 0 Å². The van der Waals surface area contributed by atoms with E-state index in [9.17, 15) is 0 Å². The zero-order chi connectivity index (χ0) is 15.2. The Balaban J connectivity index is 1.63. The van der Waals surface area contributed by atoms with Crippen molar-refractivity contribution in [1.29, 1.82) is 0 Å². The van der Waals surface area contributed by atoms with Gasteiger partial charge in [0.1, 0.15) is 5.76 Å². The van der Waals surface area contributed by atoms with E-state index in [0.717, 1.165) is 29.7 Å². The van der Waals surface area contributed by atoms with Gasteiger partial charge in [-0.15, -0.1) is 0 Å². The molecule has 0 saturated carbocycles. The van der Waals surface area contributed by atoms with Gasteiger partial charge >= 0.3 is 0 Å². The van der Waals surface area contributed by atoms with Crippen LogP contribution in [0, 0.1) is 0 Å². The molecule has 0 bridgehead atoms. The third-order valence-corrected chi connectivity index (χ3v) is 4.06. The maximum absolute atomic E-state index is 5.59. The first kappa shape index (κ1) is 15.1. The van der Waals surface area contributed by atoms with Crippen LogP contribution < -0.4 is 5.32 Å². The second kappa shape index (κ2) is 7.42. The lowest BCUT2D eigenvalue weighted by Gasteiger charge is -2.17. The van der Waals surface area contributed by atoms with Crippen molar-refractivity contribution < 1.29 is 4.42 Å². The lowest BCUT2D eigenvalue weighted by molar-refractivity contribution is 0.439. The Morgan fingerprint density at radius 2 is 2.09 bits per heavy atom. The minimum atomic E-state index is 0.0749. The SMILES string of the molecule is Brc1ccc(C(NCCCn2ccnc2)c2ccco2)cc1. The van der Waals surface area contributed by atoms with Crippen molar-refractivity contribution in [2.45, 2.75) is 19.0 Å². The third kappa shape index (κ3) is 3.87. The Morgan fingerprint density at radius 1 is 1.23 bits per heavy atom. The van der Waals surface area contributed by atoms with Crippen LogP contribution in [-0.2, 0) is 6.54 Å². The van der Waals surface area contributed by atoms with Gasteiger partial charge in [-0.3, -0.25) is 0 Å². The summed E-state index contributed by atoms with van der Waals surface area (Å²) in [4.78, 5) is 4.06. The molecule has 4 nitrogen and oxygen atoms in total. The van der Waals surface area contributed by atoms with E-state index < -0.39 is 0 Å². The fourth-order valence-electron chi connectivity index (χ4n) is 2.42. The second-order valence-corrected chi connectivity index (χ2v) is 6.02. The Hall–Kier alpha value is -1.85. The van der Waals surface area contributed by atoms with Gasteiger partial charge in [-0.25, -0.2) is 4.98 Å². The molecule has 0 aliphatic heterocycles. The summed E-state index contributed by atoms with van der Waals surface area (Å²) in [6.07, 6.45) is 8.39. The van der Waals surface area contributed by atoms with E-state index in [-0.39, 0.29) is 6.04 Å². The molecule has 114 valence electrons. The van der Waals surface area contributed by atoms with Crippen molar-refractivity contribution in [1.82, 2.24) is 14.9 Å². The van der Waals surface area contributed by atoms with Crippen LogP contribution in [0.25, 0.3) is 0 Å². The summed E-state index contributed by atoms with van der Waals surface area (Å²) in [5, 5.41) is 3.58. The van der Waals surface area contributed by atoms with E-state index in [2.05, 4.69) is 55.1 Å². The molecule has 0 amide bonds. The number of halogens is 1. The van der Waals surface area contributed by atoms with E-state index in [4.69, 9.17) is 4.42 Å². The first-order chi connectivity index (χ1) is 10.8. The molecular weight excluding hydrogens is 342 g/mol. The number of rotatable bonds is 7. The molecule has 0 aliphatic carbocycles. The zero-order valence-electron chi connectivity index (χ0n) is 12.2. The highest BCUT2D eigenvalue weighted by Crippen LogP contribution is 2.24. The van der Waals surface area contributed by atoms with Gasteiger partial charge in [0.25, 0.3) is 0 Å². The van der Waals surface area contributed by atoms with Gasteiger partial charge in [0.2, 0.25) is 0 Å². The molecule has 0 saturated heterocycles. The van der Waals surface area contributed by atoms with Crippen molar-refractivity contribution in [3.05, 3.63) is 77.2 Å². The molecule has 0 spiro atoms. The molecule has 3 aromatic rings. The van der Waals surface area contributed by atoms with Gasteiger partial charge in [0.05, 0.1) is 18.6 Å². The van der Waals surface area contributed by atoms with E-state index in [1.165, 1.54) is 5.56 Å². The lowest BCUT2D eigenvalue weighted by atomic mass is 10.0. The molecule has 5 heteroatoms. The zero-order valence-corrected chi connectivity index (χ0v) is 13.7. The Labute approximate surface area is 138 Å². The van der Waals surface area contributed by atoms with E-state index in [0.29, 0.717) is 0 Å². The highest BCUT2D eigenvalue weighted by Gasteiger charge is 2.15. The van der Waals surface area contributed by atoms with Crippen LogP contribution in [0.1, 0.15) is 23.8 Å². The molecule has 1 aromatic carbocycles. The van der Waals surface area contributed by atoms with Gasteiger partial charge in [0.15, 0.2) is 0 Å². The maximum atomic E-state index is 5.59. The first-order valence-electron chi connectivity index (χ1n) is 7.31. The smallest absolute Gasteiger partial charge is 0.125 e. The van der Waals surface area contributed by atoms with Crippen molar-refractivity contribution in [3.8, 4) is 0 Å². The van der Waals surface area contributed by atoms with Crippen LogP contribution in [0.4, 0.5) is 0 Å². The predicted octanol–water partition coefficient (Wildman–Crippen LogP) is 4.01. The highest BCUT2D eigenvalue weighted by atomic mass is 79.9. The van der Waals surface area contributed by atoms with Crippen LogP contribution in [0.15, 0.2) is 70.3 Å². The molecule has 0 radical (unpaired) electrons. The first-order valence-corrected chi connectivity index (χ1v) is 8.10. The van der Waals surface area contributed by atoms with Crippen molar-refractivity contribution in [2.24, 2.45) is 0 Å². The monoisotopic (exact) mass is 359 g/mol. The molecule has 22 heavy (non-hydrogen) atoms. The number of hydrogen-bond acceptors (Lipinski definition) is 3. The summed E-state index contributed by atoms with van der Waals surface area (Å²) >= 11 is 3.48. The molecule has 1 N–H and O–H groups in total. The van der Waals surface area contributed by atoms with E-state index >= 15 is 0 Å². The lowest BCUT2D eigenvalue weighted by Crippen LogP contribution is -2.24. The average molecular weight is 360 g/mol. The summed E-state index contributed by atoms with van der Waals surface area (Å²) in [7, 11) is 0. The minimum Gasteiger partial charge on any atom is -0.467 e. The molecule has 1 unspecified atom stereocenters. The number of hydrogen-bond donors (Lipinski definition) is 1. The highest BCUT2D eigenvalue weighted by molar-refractivity contribution is 9.10. The number of benzene rings is 1. The van der Waals surface area contributed by atoms with E-state index in [1.807, 2.05) is 24.7 Å². The largest absolute Gasteiger partial charge is 0.467 e. The number of nitrogens with one attached hydrogen (secondary N) is 1. The molecule has 0 fully saturated rings. The molecule has 2 aromatic heterocycles. The van der Waals surface area contributed by atoms with Crippen LogP contribution in [0.2, 0.25) is 0 Å². The van der Waals surface area contributed by atoms with Crippen molar-refractivity contribution in [2.75, 3.05) is 6.54 Å². The maximum Gasteiger partial charge on any atom is 0.125 e. The minimum absolute atomic E-state index is 0.0749. The Morgan fingerprint density at radius 3 is 2.77 bits per heavy atom. The molecule has 2 heterocycles. The Kier molecular flexibility index (Phi) is 5.08. The third-order valence-electron chi connectivity index (χ3n) is 3.53. The van der Waals surface area contributed by atoms with Gasteiger partial charge < -0.3 is 14.3 Å². The summed E-state index contributed by atoms with van der Waals surface area (Å²) in [6, 6.07) is 12.3. The van der Waals surface area contributed by atoms with Crippen LogP contribution in [-0.4, -0.2) is 16.1 Å². The topological polar surface area (TPSA) is 43.0 Å². The summed E-state index contributed by atoms with van der Waals surface area (Å²) < 4.78 is 8.76. The summed E-state index contributed by atoms with van der Waals surface area (Å²) in [5.74, 6) is 0.935. The molecule has 0 aliphatic rings. The number of nitrogens with zero attached hydrogens (tertiary/aromatic N) is 2. The Bertz CT molecular complexity index is 663. The van der Waals surface area contributed by atoms with Gasteiger partial charge in [-0.05, 0) is 42.8 Å². The van der Waals surface area contributed by atoms with Gasteiger partial charge in [0, 0.05) is 23.4 Å². The quantitative estimate of drug-likeness (QED) is 0.648. The number of aromatic nitrogens is 2. The summed E-state index contributed by atoms with van der Waals surface area (Å²) in [5.41, 5.74) is 1.20. The van der Waals surface area contributed by atoms with Gasteiger partial charge in [-0.2, -0.15) is 0 Å². The van der Waals surface area contributed by atoms with Gasteiger partial charge in [-0.1, -0.05) is 28.1 Å². The van der Waals surface area contributed by atoms with Crippen LogP contribution >= 0.6 is 15.9 Å². The number of imidazole rings is 1. The normalized spacial score (nSPS) is 12.4. The van der Waals surface area contributed by atoms with Crippen LogP contribution in [0.3, 0.4) is 0 Å². The fraction of sp³-hybridized carbons (Fsp3) is 0.235. The molecule has 1 atom stereocenters. The number of aryl methyl sites for hydroxylation is 1. The number of furan rings is 1. The van der Waals surface area contributed by atoms with Crippen molar-refractivity contribution in [3.63, 3.8) is 0 Å². The summed E-state index contributed by atoms with van der Waals surface area (Å²) in [6.45, 7) is 1.86. The standard InChI is InChI=1S/C17H18BrN3O/c18-15-6-4-14(5-7-15)17(16-3-1-12-22-16)20-8-2-10-21-11-9-19-13-21/h1,3-7,9,11-13,17,20H,2,8,10H2. The fourth-order valence-corrected chi connectivity index (χ4v) is 2.68. The second-order valence-electron chi connectivity index (χ2n) is 5.11. The van der Waals surface area contributed by atoms with Crippen molar-refractivity contribution >= 4 is 15.9 Å². The average Bonchev–Trinajstić information content (AvgIpc) is 3.21.